The smallest absolute Gasteiger partial charge is 0.240 e. The molecule has 3 N–H and O–H groups in total. The van der Waals surface area contributed by atoms with Gasteiger partial charge in [0.05, 0.1) is 25.5 Å². The monoisotopic (exact) mass is 486 g/mol. The molecule has 0 bridgehead atoms. The molecule has 0 saturated carbocycles. The van der Waals surface area contributed by atoms with Crippen LogP contribution in [0.3, 0.4) is 0 Å². The van der Waals surface area contributed by atoms with E-state index < -0.39 is 0 Å². The molecule has 4 rings (SSSR count). The van der Waals surface area contributed by atoms with E-state index in [2.05, 4.69) is 26.9 Å². The quantitative estimate of drug-likeness (QED) is 0.574. The van der Waals surface area contributed by atoms with E-state index >= 15 is 0 Å². The standard InChI is InChI=1S/C24H31ClN6O3/c1-30-9-5-8-19(15-30)34-23-21(25)22(28-24(29-23)31-10-12-33-13-11-31)27-18(16-32)14-20(26)17-6-3-2-4-7-17/h2-4,6-7,14,19,32H,5,8-13,15-16,26H2,1H3/b20-14-,27-18-. The number of halogens is 1. The van der Waals surface area contributed by atoms with Gasteiger partial charge in [-0.3, -0.25) is 0 Å². The van der Waals surface area contributed by atoms with Crippen LogP contribution in [-0.4, -0.2) is 84.8 Å². The van der Waals surface area contributed by atoms with Gasteiger partial charge in [-0.2, -0.15) is 9.97 Å². The van der Waals surface area contributed by atoms with Gasteiger partial charge >= 0.3 is 0 Å². The van der Waals surface area contributed by atoms with Crippen molar-refractivity contribution >= 4 is 34.8 Å². The summed E-state index contributed by atoms with van der Waals surface area (Å²) < 4.78 is 11.7. The maximum absolute atomic E-state index is 9.97. The summed E-state index contributed by atoms with van der Waals surface area (Å²) >= 11 is 6.68. The molecular formula is C24H31ClN6O3. The van der Waals surface area contributed by atoms with Gasteiger partial charge in [0.25, 0.3) is 0 Å². The summed E-state index contributed by atoms with van der Waals surface area (Å²) in [5, 5.41) is 10.2. The predicted octanol–water partition coefficient (Wildman–Crippen LogP) is 2.50. The number of likely N-dealkylation sites (N-methyl/N-ethyl adjacent to an activating group) is 1. The Kier molecular flexibility index (Phi) is 8.34. The highest BCUT2D eigenvalue weighted by Gasteiger charge is 2.24. The lowest BCUT2D eigenvalue weighted by Gasteiger charge is -2.31. The number of nitrogens with zero attached hydrogens (tertiary/aromatic N) is 5. The zero-order valence-electron chi connectivity index (χ0n) is 19.4. The number of likely N-dealkylation sites (tertiary alicyclic amines) is 1. The highest BCUT2D eigenvalue weighted by molar-refractivity contribution is 6.34. The van der Waals surface area contributed by atoms with Crippen molar-refractivity contribution in [2.24, 2.45) is 10.7 Å². The number of morpholine rings is 1. The van der Waals surface area contributed by atoms with Gasteiger partial charge < -0.3 is 30.1 Å². The number of piperidine rings is 1. The number of anilines is 1. The lowest BCUT2D eigenvalue weighted by Crippen LogP contribution is -2.39. The van der Waals surface area contributed by atoms with E-state index in [1.54, 1.807) is 6.08 Å². The molecule has 2 aromatic rings. The summed E-state index contributed by atoms with van der Waals surface area (Å²) in [6.07, 6.45) is 3.57. The summed E-state index contributed by atoms with van der Waals surface area (Å²) in [7, 11) is 2.07. The van der Waals surface area contributed by atoms with Crippen molar-refractivity contribution in [1.29, 1.82) is 0 Å². The fourth-order valence-corrected chi connectivity index (χ4v) is 4.15. The van der Waals surface area contributed by atoms with Gasteiger partial charge in [-0.1, -0.05) is 41.9 Å². The van der Waals surface area contributed by atoms with Crippen molar-refractivity contribution < 1.29 is 14.6 Å². The van der Waals surface area contributed by atoms with Crippen LogP contribution >= 0.6 is 11.6 Å². The third-order valence-electron chi connectivity index (χ3n) is 5.79. The third kappa shape index (κ3) is 6.24. The van der Waals surface area contributed by atoms with Crippen LogP contribution in [0.2, 0.25) is 5.02 Å². The van der Waals surface area contributed by atoms with Gasteiger partial charge in [-0.25, -0.2) is 4.99 Å². The second-order valence-corrected chi connectivity index (χ2v) is 8.82. The molecule has 1 atom stereocenters. The summed E-state index contributed by atoms with van der Waals surface area (Å²) in [4.78, 5) is 18.0. The molecule has 9 nitrogen and oxygen atoms in total. The van der Waals surface area contributed by atoms with E-state index in [0.717, 1.165) is 31.5 Å². The summed E-state index contributed by atoms with van der Waals surface area (Å²) in [5.74, 6) is 1.01. The Bertz CT molecular complexity index is 1030. The number of aromatic nitrogens is 2. The van der Waals surface area contributed by atoms with E-state index in [-0.39, 0.29) is 23.6 Å². The lowest BCUT2D eigenvalue weighted by atomic mass is 10.1. The molecule has 2 aliphatic rings. The molecule has 0 radical (unpaired) electrons. The molecule has 10 heteroatoms. The van der Waals surface area contributed by atoms with Crippen LogP contribution in [0, 0.1) is 0 Å². The first-order chi connectivity index (χ1) is 16.5. The molecule has 0 spiro atoms. The number of nitrogens with two attached hydrogens (primary N) is 1. The van der Waals surface area contributed by atoms with E-state index in [4.69, 9.17) is 26.8 Å². The van der Waals surface area contributed by atoms with Gasteiger partial charge in [-0.15, -0.1) is 0 Å². The van der Waals surface area contributed by atoms with Crippen molar-refractivity contribution in [3.05, 3.63) is 47.0 Å². The van der Waals surface area contributed by atoms with Crippen molar-refractivity contribution in [3.8, 4) is 5.88 Å². The number of hydrogen-bond acceptors (Lipinski definition) is 9. The number of hydrogen-bond donors (Lipinski definition) is 2. The Hall–Kier alpha value is -2.72. The van der Waals surface area contributed by atoms with Crippen LogP contribution in [-0.2, 0) is 4.74 Å². The first-order valence-corrected chi connectivity index (χ1v) is 11.9. The Balaban J connectivity index is 1.69. The molecule has 0 aliphatic carbocycles. The van der Waals surface area contributed by atoms with E-state index in [0.29, 0.717) is 49.5 Å². The number of ether oxygens (including phenoxy) is 2. The molecule has 3 heterocycles. The SMILES string of the molecule is CN1CCCC(Oc2nc(N3CCOCC3)nc(/N=C(/C=C(\N)c3ccccc3)CO)c2Cl)C1. The van der Waals surface area contributed by atoms with E-state index in [1.165, 1.54) is 0 Å². The van der Waals surface area contributed by atoms with E-state index in [1.807, 2.05) is 35.2 Å². The Morgan fingerprint density at radius 2 is 2.03 bits per heavy atom. The average Bonchev–Trinajstić information content (AvgIpc) is 2.86. The zero-order chi connectivity index (χ0) is 23.9. The lowest BCUT2D eigenvalue weighted by molar-refractivity contribution is 0.0997. The second-order valence-electron chi connectivity index (χ2n) is 8.44. The van der Waals surface area contributed by atoms with Gasteiger partial charge in [-0.05, 0) is 38.1 Å². The maximum atomic E-state index is 9.97. The number of aliphatic hydroxyl groups excluding tert-OH is 1. The number of rotatable bonds is 7. The fourth-order valence-electron chi connectivity index (χ4n) is 3.98. The minimum absolute atomic E-state index is 0.0218. The maximum Gasteiger partial charge on any atom is 0.240 e. The van der Waals surface area contributed by atoms with Gasteiger partial charge in [0.2, 0.25) is 11.8 Å². The average molecular weight is 487 g/mol. The van der Waals surface area contributed by atoms with Gasteiger partial charge in [0.1, 0.15) is 11.1 Å². The molecule has 2 fully saturated rings. The van der Waals surface area contributed by atoms with Crippen molar-refractivity contribution in [2.75, 3.05) is 57.9 Å². The Labute approximate surface area is 204 Å². The molecule has 182 valence electrons. The highest BCUT2D eigenvalue weighted by atomic mass is 35.5. The van der Waals surface area contributed by atoms with Crippen molar-refractivity contribution in [1.82, 2.24) is 14.9 Å². The molecule has 1 aromatic carbocycles. The molecule has 2 aliphatic heterocycles. The van der Waals surface area contributed by atoms with Crippen LogP contribution < -0.4 is 15.4 Å². The second kappa shape index (κ2) is 11.6. The van der Waals surface area contributed by atoms with Crippen LogP contribution in [0.4, 0.5) is 11.8 Å². The number of benzene rings is 1. The van der Waals surface area contributed by atoms with Crippen molar-refractivity contribution in [3.63, 3.8) is 0 Å². The Morgan fingerprint density at radius 3 is 2.74 bits per heavy atom. The topological polar surface area (TPSA) is 109 Å². The molecule has 1 unspecified atom stereocenters. The number of aliphatic hydroxyl groups is 1. The number of aliphatic imine (C=N–C) groups is 1. The normalized spacial score (nSPS) is 20.4. The molecule has 1 aromatic heterocycles. The molecule has 34 heavy (non-hydrogen) atoms. The fraction of sp³-hybridized carbons (Fsp3) is 0.458. The van der Waals surface area contributed by atoms with Crippen LogP contribution in [0.1, 0.15) is 18.4 Å². The largest absolute Gasteiger partial charge is 0.472 e. The molecule has 2 saturated heterocycles. The summed E-state index contributed by atoms with van der Waals surface area (Å²) in [6.45, 7) is 4.00. The molecule has 0 amide bonds. The van der Waals surface area contributed by atoms with Crippen LogP contribution in [0.25, 0.3) is 5.70 Å². The zero-order valence-corrected chi connectivity index (χ0v) is 20.1. The van der Waals surface area contributed by atoms with Crippen molar-refractivity contribution in [2.45, 2.75) is 18.9 Å². The third-order valence-corrected chi connectivity index (χ3v) is 6.12. The minimum atomic E-state index is -0.329. The van der Waals surface area contributed by atoms with E-state index in [9.17, 15) is 5.11 Å². The first-order valence-electron chi connectivity index (χ1n) is 11.5. The summed E-state index contributed by atoms with van der Waals surface area (Å²) in [6, 6.07) is 9.49. The summed E-state index contributed by atoms with van der Waals surface area (Å²) in [5.41, 5.74) is 7.87. The predicted molar refractivity (Wildman–Crippen MR) is 134 cm³/mol. The molecular weight excluding hydrogens is 456 g/mol. The van der Waals surface area contributed by atoms with Crippen LogP contribution in [0.5, 0.6) is 5.88 Å². The van der Waals surface area contributed by atoms with Crippen LogP contribution in [0.15, 0.2) is 41.4 Å². The first kappa shape index (κ1) is 24.4. The Morgan fingerprint density at radius 1 is 1.26 bits per heavy atom. The minimum Gasteiger partial charge on any atom is -0.472 e. The van der Waals surface area contributed by atoms with Gasteiger partial charge in [0.15, 0.2) is 5.82 Å². The van der Waals surface area contributed by atoms with Gasteiger partial charge in [0, 0.05) is 25.3 Å². The highest BCUT2D eigenvalue weighted by Crippen LogP contribution is 2.35.